The minimum Gasteiger partial charge on any atom is -0.478 e. The van der Waals surface area contributed by atoms with Gasteiger partial charge >= 0.3 is 5.97 Å². The maximum Gasteiger partial charge on any atom is 0.336 e. The minimum atomic E-state index is -1.80. The number of carbonyl (C=O) groups is 2. The van der Waals surface area contributed by atoms with Gasteiger partial charge < -0.3 is 21.1 Å². The molecule has 0 saturated carbocycles. The Morgan fingerprint density at radius 1 is 1.40 bits per heavy atom. The molecule has 1 aromatic heterocycles. The SMILES string of the molecule is NC(=O)C(O)C(O)c1sccc1C(=O)O. The van der Waals surface area contributed by atoms with E-state index in [0.717, 1.165) is 11.3 Å². The molecular weight excluding hydrogens is 222 g/mol. The first kappa shape index (κ1) is 11.6. The van der Waals surface area contributed by atoms with Crippen molar-refractivity contribution < 1.29 is 24.9 Å². The molecule has 82 valence electrons. The standard InChI is InChI=1S/C8H9NO5S/c9-7(12)5(11)4(10)6-3(8(13)14)1-2-15-6/h1-2,4-5,10-11H,(H2,9,12)(H,13,14). The van der Waals surface area contributed by atoms with E-state index in [0.29, 0.717) is 0 Å². The lowest BCUT2D eigenvalue weighted by atomic mass is 10.1. The number of hydrogen-bond acceptors (Lipinski definition) is 5. The summed E-state index contributed by atoms with van der Waals surface area (Å²) in [4.78, 5) is 21.3. The van der Waals surface area contributed by atoms with Gasteiger partial charge in [-0.15, -0.1) is 11.3 Å². The Labute approximate surface area is 88.6 Å². The van der Waals surface area contributed by atoms with Crippen LogP contribution in [0.15, 0.2) is 11.4 Å². The molecular formula is C8H9NO5S. The molecule has 0 aliphatic rings. The highest BCUT2D eigenvalue weighted by Crippen LogP contribution is 2.26. The molecule has 7 heteroatoms. The summed E-state index contributed by atoms with van der Waals surface area (Å²) in [5.74, 6) is -2.34. The largest absolute Gasteiger partial charge is 0.478 e. The van der Waals surface area contributed by atoms with Crippen LogP contribution in [0.5, 0.6) is 0 Å². The van der Waals surface area contributed by atoms with Crippen molar-refractivity contribution in [3.05, 3.63) is 21.9 Å². The van der Waals surface area contributed by atoms with Gasteiger partial charge in [0.25, 0.3) is 0 Å². The summed E-state index contributed by atoms with van der Waals surface area (Å²) < 4.78 is 0. The van der Waals surface area contributed by atoms with E-state index in [4.69, 9.17) is 15.9 Å². The highest BCUT2D eigenvalue weighted by atomic mass is 32.1. The highest BCUT2D eigenvalue weighted by molar-refractivity contribution is 7.10. The first-order chi connectivity index (χ1) is 6.95. The fraction of sp³-hybridized carbons (Fsp3) is 0.250. The lowest BCUT2D eigenvalue weighted by Crippen LogP contribution is -2.34. The lowest BCUT2D eigenvalue weighted by Gasteiger charge is -2.13. The molecule has 1 rings (SSSR count). The van der Waals surface area contributed by atoms with Gasteiger partial charge in [0.1, 0.15) is 6.10 Å². The van der Waals surface area contributed by atoms with E-state index in [-0.39, 0.29) is 10.4 Å². The normalized spacial score (nSPS) is 14.5. The Hall–Kier alpha value is -1.44. The Morgan fingerprint density at radius 3 is 2.47 bits per heavy atom. The number of rotatable bonds is 4. The number of amides is 1. The molecule has 1 heterocycles. The maximum absolute atomic E-state index is 10.7. The number of carboxylic acids is 1. The minimum absolute atomic E-state index is 0.00815. The first-order valence-electron chi connectivity index (χ1n) is 3.91. The van der Waals surface area contributed by atoms with Gasteiger partial charge in [0, 0.05) is 0 Å². The summed E-state index contributed by atoms with van der Waals surface area (Å²) in [6.07, 6.45) is -3.41. The number of primary amides is 1. The molecule has 0 aliphatic carbocycles. The van der Waals surface area contributed by atoms with Crippen molar-refractivity contribution in [3.8, 4) is 0 Å². The second-order valence-corrected chi connectivity index (χ2v) is 3.74. The van der Waals surface area contributed by atoms with Gasteiger partial charge in [-0.3, -0.25) is 4.79 Å². The fourth-order valence-corrected chi connectivity index (χ4v) is 1.93. The van der Waals surface area contributed by atoms with Crippen LogP contribution in [0.3, 0.4) is 0 Å². The van der Waals surface area contributed by atoms with Gasteiger partial charge in [-0.1, -0.05) is 0 Å². The van der Waals surface area contributed by atoms with Crippen LogP contribution < -0.4 is 5.73 Å². The molecule has 2 atom stereocenters. The Balaban J connectivity index is 3.00. The summed E-state index contributed by atoms with van der Waals surface area (Å²) in [7, 11) is 0. The van der Waals surface area contributed by atoms with Crippen LogP contribution in [-0.2, 0) is 4.79 Å². The summed E-state index contributed by atoms with van der Waals surface area (Å²) in [5.41, 5.74) is 4.63. The van der Waals surface area contributed by atoms with Crippen LogP contribution in [0.4, 0.5) is 0 Å². The number of aliphatic hydroxyl groups is 2. The molecule has 0 bridgehead atoms. The van der Waals surface area contributed by atoms with Gasteiger partial charge in [0.2, 0.25) is 5.91 Å². The Morgan fingerprint density at radius 2 is 2.00 bits per heavy atom. The van der Waals surface area contributed by atoms with E-state index in [9.17, 15) is 14.7 Å². The summed E-state index contributed by atoms with van der Waals surface area (Å²) in [5, 5.41) is 28.8. The van der Waals surface area contributed by atoms with Gasteiger partial charge in [-0.05, 0) is 11.4 Å². The van der Waals surface area contributed by atoms with Gasteiger partial charge in [0.05, 0.1) is 10.4 Å². The van der Waals surface area contributed by atoms with Crippen LogP contribution >= 0.6 is 11.3 Å². The van der Waals surface area contributed by atoms with Crippen molar-refractivity contribution >= 4 is 23.2 Å². The van der Waals surface area contributed by atoms with Crippen LogP contribution in [0, 0.1) is 0 Å². The van der Waals surface area contributed by atoms with Crippen molar-refractivity contribution in [2.24, 2.45) is 5.73 Å². The van der Waals surface area contributed by atoms with E-state index in [1.165, 1.54) is 11.4 Å². The van der Waals surface area contributed by atoms with Crippen LogP contribution in [0.2, 0.25) is 0 Å². The predicted molar refractivity (Wildman–Crippen MR) is 51.4 cm³/mol. The number of aromatic carboxylic acids is 1. The van der Waals surface area contributed by atoms with Gasteiger partial charge in [-0.2, -0.15) is 0 Å². The Kier molecular flexibility index (Phi) is 3.40. The number of nitrogens with two attached hydrogens (primary N) is 1. The summed E-state index contributed by atoms with van der Waals surface area (Å²) >= 11 is 0.933. The molecule has 0 spiro atoms. The van der Waals surface area contributed by atoms with Crippen molar-refractivity contribution in [2.75, 3.05) is 0 Å². The third-order valence-corrected chi connectivity index (χ3v) is 2.77. The zero-order valence-corrected chi connectivity index (χ0v) is 8.27. The fourth-order valence-electron chi connectivity index (χ4n) is 1.03. The van der Waals surface area contributed by atoms with E-state index in [1.54, 1.807) is 0 Å². The van der Waals surface area contributed by atoms with E-state index in [1.807, 2.05) is 0 Å². The van der Waals surface area contributed by atoms with Crippen molar-refractivity contribution in [1.29, 1.82) is 0 Å². The smallest absolute Gasteiger partial charge is 0.336 e. The van der Waals surface area contributed by atoms with Crippen molar-refractivity contribution in [1.82, 2.24) is 0 Å². The van der Waals surface area contributed by atoms with Crippen LogP contribution in [0.1, 0.15) is 21.3 Å². The highest BCUT2D eigenvalue weighted by Gasteiger charge is 2.28. The second kappa shape index (κ2) is 4.39. The molecule has 0 aliphatic heterocycles. The van der Waals surface area contributed by atoms with Crippen LogP contribution in [-0.4, -0.2) is 33.3 Å². The average molecular weight is 231 g/mol. The second-order valence-electron chi connectivity index (χ2n) is 2.80. The molecule has 0 radical (unpaired) electrons. The third kappa shape index (κ3) is 2.32. The van der Waals surface area contributed by atoms with Gasteiger partial charge in [-0.25, -0.2) is 4.79 Å². The molecule has 5 N–H and O–H groups in total. The maximum atomic E-state index is 10.7. The van der Waals surface area contributed by atoms with E-state index >= 15 is 0 Å². The average Bonchev–Trinajstić information content (AvgIpc) is 2.63. The summed E-state index contributed by atoms with van der Waals surface area (Å²) in [6.45, 7) is 0. The predicted octanol–water partition coefficient (Wildman–Crippen LogP) is -0.674. The number of thiophene rings is 1. The van der Waals surface area contributed by atoms with E-state index < -0.39 is 24.1 Å². The number of hydrogen-bond donors (Lipinski definition) is 4. The van der Waals surface area contributed by atoms with Crippen LogP contribution in [0.25, 0.3) is 0 Å². The van der Waals surface area contributed by atoms with Crippen molar-refractivity contribution in [3.63, 3.8) is 0 Å². The number of aliphatic hydroxyl groups excluding tert-OH is 2. The molecule has 2 unspecified atom stereocenters. The monoisotopic (exact) mass is 231 g/mol. The van der Waals surface area contributed by atoms with E-state index in [2.05, 4.69) is 0 Å². The molecule has 1 amide bonds. The number of carbonyl (C=O) groups excluding carboxylic acids is 1. The molecule has 0 fully saturated rings. The molecule has 6 nitrogen and oxygen atoms in total. The third-order valence-electron chi connectivity index (χ3n) is 1.78. The quantitative estimate of drug-likeness (QED) is 0.547. The number of carboxylic acid groups (broad SMARTS) is 1. The molecule has 0 aromatic carbocycles. The zero-order chi connectivity index (χ0) is 11.6. The zero-order valence-electron chi connectivity index (χ0n) is 7.45. The van der Waals surface area contributed by atoms with Crippen molar-refractivity contribution in [2.45, 2.75) is 12.2 Å². The topological polar surface area (TPSA) is 121 Å². The Bertz CT molecular complexity index is 388. The lowest BCUT2D eigenvalue weighted by molar-refractivity contribution is -0.131. The molecule has 0 saturated heterocycles. The molecule has 15 heavy (non-hydrogen) atoms. The van der Waals surface area contributed by atoms with Gasteiger partial charge in [0.15, 0.2) is 6.10 Å². The summed E-state index contributed by atoms with van der Waals surface area (Å²) in [6, 6.07) is 1.28. The first-order valence-corrected chi connectivity index (χ1v) is 4.79. The molecule has 1 aromatic rings.